The van der Waals surface area contributed by atoms with E-state index in [2.05, 4.69) is 31.0 Å². The maximum Gasteiger partial charge on any atom is 0.247 e. The predicted molar refractivity (Wildman–Crippen MR) is 90.8 cm³/mol. The third-order valence-corrected chi connectivity index (χ3v) is 3.52. The van der Waals surface area contributed by atoms with Crippen molar-refractivity contribution in [2.75, 3.05) is 0 Å². The smallest absolute Gasteiger partial charge is 0.247 e. The van der Waals surface area contributed by atoms with E-state index in [4.69, 9.17) is 0 Å². The third kappa shape index (κ3) is 7.50. The fraction of sp³-hybridized carbons (Fsp3) is 0.421. The quantitative estimate of drug-likeness (QED) is 0.471. The van der Waals surface area contributed by atoms with Crippen molar-refractivity contribution in [3.05, 3.63) is 54.8 Å². The molecule has 0 heterocycles. The lowest BCUT2D eigenvalue weighted by Crippen LogP contribution is -2.14. The lowest BCUT2D eigenvalue weighted by atomic mass is 10.00. The normalized spacial score (nSPS) is 11.2. The van der Waals surface area contributed by atoms with E-state index in [1.54, 1.807) is 0 Å². The summed E-state index contributed by atoms with van der Waals surface area (Å²) in [5.74, 6) is -0.161. The van der Waals surface area contributed by atoms with Gasteiger partial charge in [0, 0.05) is 6.20 Å². The van der Waals surface area contributed by atoms with Crippen LogP contribution in [-0.2, 0) is 4.79 Å². The van der Waals surface area contributed by atoms with Crippen LogP contribution in [0.3, 0.4) is 0 Å². The van der Waals surface area contributed by atoms with E-state index in [0.29, 0.717) is 0 Å². The monoisotopic (exact) mass is 285 g/mol. The van der Waals surface area contributed by atoms with Crippen LogP contribution in [0, 0.1) is 0 Å². The van der Waals surface area contributed by atoms with Gasteiger partial charge in [0.15, 0.2) is 0 Å². The number of nitrogens with one attached hydrogen (secondary N) is 1. The number of hydrogen-bond donors (Lipinski definition) is 1. The number of rotatable bonds is 10. The molecule has 1 rings (SSSR count). The average molecular weight is 285 g/mol. The molecule has 0 bridgehead atoms. The number of carbonyl (C=O) groups is 1. The second-order valence-electron chi connectivity index (χ2n) is 5.27. The zero-order valence-electron chi connectivity index (χ0n) is 13.1. The first-order valence-corrected chi connectivity index (χ1v) is 7.95. The number of amides is 1. The fourth-order valence-corrected chi connectivity index (χ4v) is 2.27. The first-order chi connectivity index (χ1) is 10.3. The lowest BCUT2D eigenvalue weighted by molar-refractivity contribution is -0.115. The van der Waals surface area contributed by atoms with Crippen molar-refractivity contribution in [3.63, 3.8) is 0 Å². The molecule has 0 radical (unpaired) electrons. The SMILES string of the molecule is C=CC(=O)NC=C(CCCCCCCC)c1ccccc1. The summed E-state index contributed by atoms with van der Waals surface area (Å²) < 4.78 is 0. The van der Waals surface area contributed by atoms with Gasteiger partial charge in [-0.2, -0.15) is 0 Å². The molecule has 1 amide bonds. The highest BCUT2D eigenvalue weighted by Crippen LogP contribution is 2.21. The Labute approximate surface area is 129 Å². The molecule has 0 aliphatic rings. The van der Waals surface area contributed by atoms with Gasteiger partial charge in [-0.15, -0.1) is 0 Å². The van der Waals surface area contributed by atoms with E-state index < -0.39 is 0 Å². The highest BCUT2D eigenvalue weighted by molar-refractivity contribution is 5.88. The molecule has 2 heteroatoms. The molecule has 0 saturated carbocycles. The Hall–Kier alpha value is -1.83. The summed E-state index contributed by atoms with van der Waals surface area (Å²) in [6.07, 6.45) is 11.8. The van der Waals surface area contributed by atoms with Crippen molar-refractivity contribution in [3.8, 4) is 0 Å². The topological polar surface area (TPSA) is 29.1 Å². The largest absolute Gasteiger partial charge is 0.329 e. The van der Waals surface area contributed by atoms with Gasteiger partial charge in [-0.1, -0.05) is 75.9 Å². The van der Waals surface area contributed by atoms with E-state index in [9.17, 15) is 4.79 Å². The van der Waals surface area contributed by atoms with Crippen LogP contribution in [0.5, 0.6) is 0 Å². The molecule has 0 aromatic heterocycles. The van der Waals surface area contributed by atoms with Crippen molar-refractivity contribution in [2.45, 2.75) is 51.9 Å². The number of unbranched alkanes of at least 4 members (excludes halogenated alkanes) is 5. The fourth-order valence-electron chi connectivity index (χ4n) is 2.27. The Bertz CT molecular complexity index is 448. The van der Waals surface area contributed by atoms with Gasteiger partial charge in [0.2, 0.25) is 5.91 Å². The zero-order valence-corrected chi connectivity index (χ0v) is 13.1. The van der Waals surface area contributed by atoms with Gasteiger partial charge in [0.25, 0.3) is 0 Å². The van der Waals surface area contributed by atoms with E-state index >= 15 is 0 Å². The van der Waals surface area contributed by atoms with Gasteiger partial charge in [0.05, 0.1) is 0 Å². The Morgan fingerprint density at radius 3 is 2.43 bits per heavy atom. The molecule has 0 atom stereocenters. The maximum atomic E-state index is 11.3. The van der Waals surface area contributed by atoms with Gasteiger partial charge in [-0.3, -0.25) is 4.79 Å². The summed E-state index contributed by atoms with van der Waals surface area (Å²) in [4.78, 5) is 11.3. The van der Waals surface area contributed by atoms with Crippen LogP contribution in [0.25, 0.3) is 5.57 Å². The molecule has 0 aliphatic carbocycles. The van der Waals surface area contributed by atoms with E-state index in [-0.39, 0.29) is 5.91 Å². The third-order valence-electron chi connectivity index (χ3n) is 3.52. The average Bonchev–Trinajstić information content (AvgIpc) is 2.54. The van der Waals surface area contributed by atoms with Crippen LogP contribution in [0.2, 0.25) is 0 Å². The van der Waals surface area contributed by atoms with Crippen molar-refractivity contribution >= 4 is 11.5 Å². The van der Waals surface area contributed by atoms with Crippen molar-refractivity contribution in [2.24, 2.45) is 0 Å². The molecule has 21 heavy (non-hydrogen) atoms. The molecule has 114 valence electrons. The van der Waals surface area contributed by atoms with E-state index in [1.807, 2.05) is 24.4 Å². The Balaban J connectivity index is 2.53. The highest BCUT2D eigenvalue weighted by Gasteiger charge is 2.02. The zero-order chi connectivity index (χ0) is 15.3. The van der Waals surface area contributed by atoms with Gasteiger partial charge >= 0.3 is 0 Å². The van der Waals surface area contributed by atoms with Gasteiger partial charge in [-0.25, -0.2) is 0 Å². The molecule has 1 N–H and O–H groups in total. The molecular weight excluding hydrogens is 258 g/mol. The van der Waals surface area contributed by atoms with Crippen LogP contribution < -0.4 is 5.32 Å². The summed E-state index contributed by atoms with van der Waals surface area (Å²) >= 11 is 0. The molecule has 0 spiro atoms. The molecule has 1 aromatic rings. The molecule has 2 nitrogen and oxygen atoms in total. The van der Waals surface area contributed by atoms with E-state index in [0.717, 1.165) is 12.8 Å². The molecule has 0 saturated heterocycles. The number of carbonyl (C=O) groups excluding carboxylic acids is 1. The highest BCUT2D eigenvalue weighted by atomic mass is 16.1. The summed E-state index contributed by atoms with van der Waals surface area (Å²) in [6, 6.07) is 10.2. The molecule has 0 aliphatic heterocycles. The van der Waals surface area contributed by atoms with Crippen LogP contribution in [0.15, 0.2) is 49.2 Å². The first-order valence-electron chi connectivity index (χ1n) is 7.95. The maximum absolute atomic E-state index is 11.3. The Kier molecular flexibility index (Phi) is 8.94. The summed E-state index contributed by atoms with van der Waals surface area (Å²) in [7, 11) is 0. The van der Waals surface area contributed by atoms with E-state index in [1.165, 1.54) is 49.3 Å². The summed E-state index contributed by atoms with van der Waals surface area (Å²) in [5.41, 5.74) is 2.36. The first kappa shape index (κ1) is 17.2. The Morgan fingerprint density at radius 1 is 1.10 bits per heavy atom. The van der Waals surface area contributed by atoms with Gasteiger partial charge in [0.1, 0.15) is 0 Å². The van der Waals surface area contributed by atoms with Crippen LogP contribution in [0.1, 0.15) is 57.4 Å². The van der Waals surface area contributed by atoms with Gasteiger partial charge in [-0.05, 0) is 30.1 Å². The van der Waals surface area contributed by atoms with Gasteiger partial charge < -0.3 is 5.32 Å². The van der Waals surface area contributed by atoms with Crippen molar-refractivity contribution in [1.29, 1.82) is 0 Å². The summed E-state index contributed by atoms with van der Waals surface area (Å²) in [6.45, 7) is 5.71. The minimum atomic E-state index is -0.161. The van der Waals surface area contributed by atoms with Crippen LogP contribution >= 0.6 is 0 Å². The number of benzene rings is 1. The predicted octanol–water partition coefficient (Wildman–Crippen LogP) is 5.08. The minimum Gasteiger partial charge on any atom is -0.329 e. The molecule has 0 fully saturated rings. The standard InChI is InChI=1S/C19H27NO/c1-3-5-6-7-8-10-15-18(16-20-19(21)4-2)17-13-11-9-12-14-17/h4,9,11-14,16H,2-3,5-8,10,15H2,1H3,(H,20,21). The molecule has 1 aromatic carbocycles. The number of hydrogen-bond acceptors (Lipinski definition) is 1. The van der Waals surface area contributed by atoms with Crippen molar-refractivity contribution < 1.29 is 4.79 Å². The van der Waals surface area contributed by atoms with Crippen LogP contribution in [-0.4, -0.2) is 5.91 Å². The second kappa shape index (κ2) is 10.9. The van der Waals surface area contributed by atoms with Crippen LogP contribution in [0.4, 0.5) is 0 Å². The second-order valence-corrected chi connectivity index (χ2v) is 5.27. The molecule has 0 unspecified atom stereocenters. The minimum absolute atomic E-state index is 0.161. The lowest BCUT2D eigenvalue weighted by Gasteiger charge is -2.08. The summed E-state index contributed by atoms with van der Waals surface area (Å²) in [5, 5.41) is 2.77. The van der Waals surface area contributed by atoms with Crippen molar-refractivity contribution in [1.82, 2.24) is 5.32 Å². The molecular formula is C19H27NO. The Morgan fingerprint density at radius 2 is 1.76 bits per heavy atom. The number of allylic oxidation sites excluding steroid dienone is 1.